The van der Waals surface area contributed by atoms with Crippen molar-refractivity contribution < 1.29 is 4.79 Å². The number of rotatable bonds is 7. The van der Waals surface area contributed by atoms with Crippen molar-refractivity contribution in [2.75, 3.05) is 42.9 Å². The first-order valence-corrected chi connectivity index (χ1v) is 12.4. The van der Waals surface area contributed by atoms with Crippen LogP contribution in [0, 0.1) is 18.3 Å². The molecule has 0 spiro atoms. The molecule has 2 N–H and O–H groups in total. The fraction of sp³-hybridized carbons (Fsp3) is 0.385. The zero-order valence-electron chi connectivity index (χ0n) is 21.0. The highest BCUT2D eigenvalue weighted by molar-refractivity contribution is 6.06. The molecule has 1 aromatic carbocycles. The average Bonchev–Trinajstić information content (AvgIpc) is 2.89. The Labute approximate surface area is 214 Å². The summed E-state index contributed by atoms with van der Waals surface area (Å²) >= 11 is 0. The predicted octanol–water partition coefficient (Wildman–Crippen LogP) is 2.17. The second-order valence-corrected chi connectivity index (χ2v) is 9.13. The molecule has 2 aromatic heterocycles. The monoisotopic (exact) mass is 499 g/mol. The van der Waals surface area contributed by atoms with Crippen molar-refractivity contribution in [3.63, 3.8) is 0 Å². The third-order valence-corrected chi connectivity index (χ3v) is 6.76. The topological polar surface area (TPSA) is 132 Å². The predicted molar refractivity (Wildman–Crippen MR) is 142 cm³/mol. The highest BCUT2D eigenvalue weighted by Crippen LogP contribution is 2.34. The summed E-state index contributed by atoms with van der Waals surface area (Å²) in [6.07, 6.45) is 1.90. The van der Waals surface area contributed by atoms with E-state index in [1.54, 1.807) is 17.0 Å². The maximum absolute atomic E-state index is 12.5. The van der Waals surface area contributed by atoms with Gasteiger partial charge in [-0.3, -0.25) is 14.3 Å². The van der Waals surface area contributed by atoms with E-state index in [2.05, 4.69) is 41.5 Å². The van der Waals surface area contributed by atoms with Gasteiger partial charge in [-0.2, -0.15) is 10.2 Å². The highest BCUT2D eigenvalue weighted by Gasteiger charge is 2.22. The Kier molecular flexibility index (Phi) is 6.83. The summed E-state index contributed by atoms with van der Waals surface area (Å²) in [5.74, 6) is 0.390. The summed E-state index contributed by atoms with van der Waals surface area (Å²) in [4.78, 5) is 42.6. The van der Waals surface area contributed by atoms with Gasteiger partial charge in [0, 0.05) is 45.8 Å². The van der Waals surface area contributed by atoms with Gasteiger partial charge in [-0.1, -0.05) is 0 Å². The van der Waals surface area contributed by atoms with Crippen LogP contribution in [0.25, 0.3) is 10.9 Å². The van der Waals surface area contributed by atoms with Crippen LogP contribution in [-0.2, 0) is 13.1 Å². The number of anilines is 2. The molecular weight excluding hydrogens is 470 g/mol. The Morgan fingerprint density at radius 1 is 1.19 bits per heavy atom. The molecule has 5 rings (SSSR count). The van der Waals surface area contributed by atoms with Crippen LogP contribution in [0.5, 0.6) is 0 Å². The molecule has 2 aliphatic heterocycles. The number of pyridine rings is 1. The molecule has 0 unspecified atom stereocenters. The Bertz CT molecular complexity index is 1480. The van der Waals surface area contributed by atoms with Gasteiger partial charge in [0.15, 0.2) is 0 Å². The van der Waals surface area contributed by atoms with Crippen LogP contribution >= 0.6 is 0 Å². The maximum atomic E-state index is 12.5. The molecule has 0 radical (unpaired) electrons. The summed E-state index contributed by atoms with van der Waals surface area (Å²) in [5.41, 5.74) is 4.59. The minimum Gasteiger partial charge on any atom is -0.368 e. The van der Waals surface area contributed by atoms with Crippen LogP contribution in [0.2, 0.25) is 0 Å². The number of carbonyl (C=O) groups is 1. The number of aryl methyl sites for hydroxylation is 1. The normalized spacial score (nSPS) is 14.9. The second kappa shape index (κ2) is 10.4. The fourth-order valence-corrected chi connectivity index (χ4v) is 4.93. The molecule has 3 aromatic rings. The molecule has 4 heterocycles. The third-order valence-electron chi connectivity index (χ3n) is 6.76. The van der Waals surface area contributed by atoms with Crippen LogP contribution in [0.15, 0.2) is 34.1 Å². The SMILES string of the molecule is CCn1c2c3c(cc(CN4CCN(c5ccc(C(=O)NCCC#N)nc5C)CC4)cc3nc1=O)NC=N2. The lowest BCUT2D eigenvalue weighted by atomic mass is 10.1. The molecule has 1 fully saturated rings. The molecule has 0 bridgehead atoms. The van der Waals surface area contributed by atoms with Crippen molar-refractivity contribution in [3.8, 4) is 6.07 Å². The zero-order valence-corrected chi connectivity index (χ0v) is 21.0. The number of piperazine rings is 1. The summed E-state index contributed by atoms with van der Waals surface area (Å²) in [6.45, 7) is 8.83. The van der Waals surface area contributed by atoms with Crippen LogP contribution in [-0.4, -0.2) is 64.4 Å². The standard InChI is InChI=1S/C26H29N9O2/c1-3-35-24-23-20(29-16-30-24)13-18(14-21(23)32-26(35)37)15-33-9-11-34(12-10-33)22-6-5-19(31-17(22)2)25(36)28-8-4-7-27/h5-6,13-14,16H,3-4,8-12,15H2,1-2H3,(H,28,36)(H,29,30). The lowest BCUT2D eigenvalue weighted by Crippen LogP contribution is -2.46. The Hall–Kier alpha value is -4.30. The summed E-state index contributed by atoms with van der Waals surface area (Å²) in [6, 6.07) is 9.81. The number of amides is 1. The third kappa shape index (κ3) is 4.88. The Balaban J connectivity index is 1.26. The molecule has 0 atom stereocenters. The number of carbonyl (C=O) groups excluding carboxylic acids is 1. The van der Waals surface area contributed by atoms with Crippen molar-refractivity contribution in [2.45, 2.75) is 33.4 Å². The molecule has 0 aliphatic carbocycles. The largest absolute Gasteiger partial charge is 0.368 e. The van der Waals surface area contributed by atoms with E-state index in [4.69, 9.17) is 5.26 Å². The lowest BCUT2D eigenvalue weighted by molar-refractivity contribution is 0.0949. The van der Waals surface area contributed by atoms with Crippen molar-refractivity contribution >= 4 is 40.3 Å². The number of hydrogen-bond acceptors (Lipinski definition) is 9. The smallest absolute Gasteiger partial charge is 0.349 e. The zero-order chi connectivity index (χ0) is 25.9. The van der Waals surface area contributed by atoms with Gasteiger partial charge in [0.2, 0.25) is 0 Å². The Morgan fingerprint density at radius 3 is 2.73 bits per heavy atom. The quantitative estimate of drug-likeness (QED) is 0.473. The fourth-order valence-electron chi connectivity index (χ4n) is 4.93. The molecule has 2 aliphatic rings. The first-order chi connectivity index (χ1) is 18.0. The number of aromatic nitrogens is 3. The van der Waals surface area contributed by atoms with Gasteiger partial charge in [0.25, 0.3) is 5.91 Å². The summed E-state index contributed by atoms with van der Waals surface area (Å²) in [5, 5.41) is 15.4. The van der Waals surface area contributed by atoms with Crippen molar-refractivity contribution in [1.29, 1.82) is 5.26 Å². The van der Waals surface area contributed by atoms with E-state index in [0.29, 0.717) is 30.1 Å². The molecule has 37 heavy (non-hydrogen) atoms. The minimum absolute atomic E-state index is 0.264. The van der Waals surface area contributed by atoms with Gasteiger partial charge in [-0.05, 0) is 43.7 Å². The van der Waals surface area contributed by atoms with E-state index >= 15 is 0 Å². The Morgan fingerprint density at radius 2 is 2.00 bits per heavy atom. The first kappa shape index (κ1) is 24.4. The van der Waals surface area contributed by atoms with E-state index in [9.17, 15) is 9.59 Å². The average molecular weight is 500 g/mol. The number of nitriles is 1. The van der Waals surface area contributed by atoms with Gasteiger partial charge in [-0.25, -0.2) is 14.8 Å². The molecule has 0 saturated carbocycles. The van der Waals surface area contributed by atoms with E-state index in [1.165, 1.54) is 0 Å². The molecule has 190 valence electrons. The van der Waals surface area contributed by atoms with Gasteiger partial charge in [0.05, 0.1) is 46.8 Å². The number of hydrogen-bond donors (Lipinski definition) is 2. The van der Waals surface area contributed by atoms with Crippen LogP contribution in [0.4, 0.5) is 17.2 Å². The molecule has 11 nitrogen and oxygen atoms in total. The molecule has 1 amide bonds. The van der Waals surface area contributed by atoms with Gasteiger partial charge in [0.1, 0.15) is 11.5 Å². The van der Waals surface area contributed by atoms with E-state index < -0.39 is 0 Å². The lowest BCUT2D eigenvalue weighted by Gasteiger charge is -2.36. The minimum atomic E-state index is -0.282. The molecule has 1 saturated heterocycles. The van der Waals surface area contributed by atoms with Gasteiger partial charge >= 0.3 is 5.69 Å². The van der Waals surface area contributed by atoms with Crippen LogP contribution in [0.1, 0.15) is 35.1 Å². The number of nitrogens with zero attached hydrogens (tertiary/aromatic N) is 7. The molecular formula is C26H29N9O2. The van der Waals surface area contributed by atoms with E-state index in [-0.39, 0.29) is 18.0 Å². The first-order valence-electron chi connectivity index (χ1n) is 12.4. The second-order valence-electron chi connectivity index (χ2n) is 9.13. The van der Waals surface area contributed by atoms with Crippen molar-refractivity contribution in [2.24, 2.45) is 4.99 Å². The van der Waals surface area contributed by atoms with Gasteiger partial charge in [-0.15, -0.1) is 0 Å². The number of aliphatic imine (C=N–C) groups is 1. The van der Waals surface area contributed by atoms with Crippen molar-refractivity contribution in [3.05, 3.63) is 51.7 Å². The number of benzene rings is 1. The summed E-state index contributed by atoms with van der Waals surface area (Å²) in [7, 11) is 0. The van der Waals surface area contributed by atoms with E-state index in [0.717, 1.165) is 60.7 Å². The van der Waals surface area contributed by atoms with Crippen LogP contribution < -0.4 is 21.2 Å². The number of nitrogens with one attached hydrogen (secondary N) is 2. The van der Waals surface area contributed by atoms with Crippen LogP contribution in [0.3, 0.4) is 0 Å². The molecule has 11 heteroatoms. The van der Waals surface area contributed by atoms with E-state index in [1.807, 2.05) is 32.0 Å². The van der Waals surface area contributed by atoms with Crippen molar-refractivity contribution in [1.82, 2.24) is 24.8 Å². The summed E-state index contributed by atoms with van der Waals surface area (Å²) < 4.78 is 1.59. The maximum Gasteiger partial charge on any atom is 0.349 e. The highest BCUT2D eigenvalue weighted by atomic mass is 16.2. The van der Waals surface area contributed by atoms with Gasteiger partial charge < -0.3 is 15.5 Å².